The molecule has 18 nitrogen and oxygen atoms in total. The second-order valence-electron chi connectivity index (χ2n) is 22.0. The van der Waals surface area contributed by atoms with Crippen molar-refractivity contribution in [1.82, 2.24) is 0 Å². The van der Waals surface area contributed by atoms with Gasteiger partial charge in [-0.1, -0.05) is 212 Å². The number of carbonyl (C=O) groups is 3. The highest BCUT2D eigenvalue weighted by molar-refractivity contribution is 5.95. The summed E-state index contributed by atoms with van der Waals surface area (Å²) in [5, 5.41) is 45.0. The molecule has 1 fully saturated rings. The highest BCUT2D eigenvalue weighted by atomic mass is 16.8. The van der Waals surface area contributed by atoms with Crippen LogP contribution < -0.4 is 23.7 Å². The zero-order chi connectivity index (χ0) is 65.2. The van der Waals surface area contributed by atoms with E-state index >= 15 is 9.59 Å². The van der Waals surface area contributed by atoms with Crippen molar-refractivity contribution in [2.24, 2.45) is 0 Å². The third-order valence-corrected chi connectivity index (χ3v) is 15.0. The fourth-order valence-corrected chi connectivity index (χ4v) is 10.3. The lowest BCUT2D eigenvalue weighted by Gasteiger charge is -2.49. The van der Waals surface area contributed by atoms with Gasteiger partial charge in [0.05, 0.1) is 24.3 Å². The van der Waals surface area contributed by atoms with Crippen molar-refractivity contribution in [3.8, 4) is 51.7 Å². The molecule has 0 amide bonds. The number of hydrogen-bond donors (Lipinski definition) is 4. The summed E-state index contributed by atoms with van der Waals surface area (Å²) in [6.07, 6.45) is -7.15. The van der Waals surface area contributed by atoms with Gasteiger partial charge in [-0.2, -0.15) is 0 Å². The minimum absolute atomic E-state index is 0.0337. The van der Waals surface area contributed by atoms with Crippen LogP contribution in [-0.2, 0) is 74.7 Å². The molecule has 11 rings (SSSR count). The zero-order valence-corrected chi connectivity index (χ0v) is 50.9. The van der Waals surface area contributed by atoms with Gasteiger partial charge in [0, 0.05) is 13.0 Å². The molecule has 478 valence electrons. The quantitative estimate of drug-likeness (QED) is 0.0277. The number of phenolic OH excluding ortho intramolecular Hbond substituents is 4. The SMILES string of the molecule is CC1(OC(=O)c2cc(O)cc(O)c2OCc2ccccc2)OC(OC(=O)c2cc(OCc3ccccc3)c(OCc3ccccc3)c(OCc3ccccc3)c2)C(OCc2ccccc2)C(OCc2ccccc2)C1OC(=O)c1cc(O)c(OCc2ccccc2)c(O)c1. The maximum Gasteiger partial charge on any atom is 0.344 e. The van der Waals surface area contributed by atoms with Crippen LogP contribution in [0.5, 0.6) is 51.7 Å². The Labute approximate surface area is 542 Å². The van der Waals surface area contributed by atoms with Gasteiger partial charge in [0.15, 0.2) is 46.7 Å². The Kier molecular flexibility index (Phi) is 21.0. The molecule has 10 aromatic rings. The average Bonchev–Trinajstić information content (AvgIpc) is 0.755. The average molecular weight is 1270 g/mol. The van der Waals surface area contributed by atoms with E-state index in [4.69, 9.17) is 52.1 Å². The Hall–Kier alpha value is -11.3. The largest absolute Gasteiger partial charge is 0.508 e. The Balaban J connectivity index is 1.02. The molecular formula is C76H66O18. The first-order chi connectivity index (χ1) is 45.8. The molecule has 10 aromatic carbocycles. The first-order valence-electron chi connectivity index (χ1n) is 30.1. The molecule has 0 spiro atoms. The van der Waals surface area contributed by atoms with Crippen LogP contribution in [0.15, 0.2) is 249 Å². The molecule has 0 saturated carbocycles. The Morgan fingerprint density at radius 1 is 0.372 bits per heavy atom. The third kappa shape index (κ3) is 16.6. The van der Waals surface area contributed by atoms with Crippen LogP contribution in [0.2, 0.25) is 0 Å². The molecule has 0 bridgehead atoms. The number of hydrogen-bond acceptors (Lipinski definition) is 18. The maximum absolute atomic E-state index is 15.5. The van der Waals surface area contributed by atoms with Crippen LogP contribution in [0.1, 0.15) is 76.9 Å². The number of carbonyl (C=O) groups excluding carboxylic acids is 3. The van der Waals surface area contributed by atoms with Gasteiger partial charge in [-0.25, -0.2) is 14.4 Å². The van der Waals surface area contributed by atoms with Crippen molar-refractivity contribution < 1.29 is 86.9 Å². The lowest BCUT2D eigenvalue weighted by Crippen LogP contribution is -2.67. The molecule has 1 saturated heterocycles. The number of esters is 3. The Morgan fingerprint density at radius 2 is 0.713 bits per heavy atom. The summed E-state index contributed by atoms with van der Waals surface area (Å²) in [7, 11) is 0. The van der Waals surface area contributed by atoms with E-state index in [-0.39, 0.29) is 74.8 Å². The summed E-state index contributed by atoms with van der Waals surface area (Å²) in [5.41, 5.74) is 4.00. The standard InChI is InChI=1S/C76H66O18/c1-76(93-74(83)60-41-59(77)42-63(80)66(60)86-45-52-27-13-4-14-28-52)71(91-72(81)57-37-61(78)67(62(79)38-57)87-46-53-29-15-5-16-30-53)69(89-48-55-33-19-7-20-34-55)70(90-49-56-35-21-8-22-36-56)75(94-76)92-73(82)58-39-64(84-43-50-23-9-2-10-24-50)68(88-47-54-31-17-6-18-32-54)65(40-58)85-44-51-25-11-3-12-26-51/h2-42,69-71,75,77-80H,43-49H2,1H3. The van der Waals surface area contributed by atoms with Crippen LogP contribution in [0, 0.1) is 0 Å². The van der Waals surface area contributed by atoms with Crippen molar-refractivity contribution >= 4 is 17.9 Å². The zero-order valence-electron chi connectivity index (χ0n) is 50.9. The molecule has 4 N–H and O–H groups in total. The number of phenols is 4. The minimum Gasteiger partial charge on any atom is -0.508 e. The van der Waals surface area contributed by atoms with Crippen molar-refractivity contribution in [2.75, 3.05) is 0 Å². The second-order valence-corrected chi connectivity index (χ2v) is 22.0. The Bertz CT molecular complexity index is 4040. The van der Waals surface area contributed by atoms with Gasteiger partial charge >= 0.3 is 17.9 Å². The molecule has 1 heterocycles. The highest BCUT2D eigenvalue weighted by Crippen LogP contribution is 2.45. The normalized spacial score (nSPS) is 16.6. The topological polar surface area (TPSA) is 234 Å². The number of ether oxygens (including phenoxy) is 11. The first kappa shape index (κ1) is 64.2. The lowest BCUT2D eigenvalue weighted by atomic mass is 9.95. The van der Waals surface area contributed by atoms with Gasteiger partial charge in [-0.05, 0) is 69.3 Å². The van der Waals surface area contributed by atoms with E-state index in [1.54, 1.807) is 109 Å². The molecule has 0 radical (unpaired) electrons. The van der Waals surface area contributed by atoms with Crippen LogP contribution in [0.4, 0.5) is 0 Å². The predicted octanol–water partition coefficient (Wildman–Crippen LogP) is 13.9. The summed E-state index contributed by atoms with van der Waals surface area (Å²) < 4.78 is 71.2. The number of rotatable bonds is 27. The molecule has 1 aliphatic rings. The van der Waals surface area contributed by atoms with E-state index < -0.39 is 88.2 Å². The van der Waals surface area contributed by atoms with E-state index in [9.17, 15) is 25.2 Å². The van der Waals surface area contributed by atoms with Gasteiger partial charge in [0.25, 0.3) is 5.79 Å². The van der Waals surface area contributed by atoms with E-state index in [1.807, 2.05) is 103 Å². The fraction of sp³-hybridized carbons (Fsp3) is 0.171. The molecule has 0 aliphatic carbocycles. The summed E-state index contributed by atoms with van der Waals surface area (Å²) in [6, 6.07) is 70.8. The summed E-state index contributed by atoms with van der Waals surface area (Å²) >= 11 is 0. The van der Waals surface area contributed by atoms with Crippen molar-refractivity contribution in [1.29, 1.82) is 0 Å². The van der Waals surface area contributed by atoms with Crippen molar-refractivity contribution in [2.45, 2.75) is 83.6 Å². The molecule has 5 atom stereocenters. The highest BCUT2D eigenvalue weighted by Gasteiger charge is 2.60. The van der Waals surface area contributed by atoms with Crippen LogP contribution in [0.25, 0.3) is 0 Å². The van der Waals surface area contributed by atoms with Gasteiger partial charge in [0.1, 0.15) is 50.5 Å². The molecular weight excluding hydrogens is 1200 g/mol. The first-order valence-corrected chi connectivity index (χ1v) is 30.1. The van der Waals surface area contributed by atoms with Crippen molar-refractivity contribution in [3.05, 3.63) is 304 Å². The molecule has 0 aromatic heterocycles. The van der Waals surface area contributed by atoms with Crippen LogP contribution in [0.3, 0.4) is 0 Å². The smallest absolute Gasteiger partial charge is 0.344 e. The Morgan fingerprint density at radius 3 is 1.14 bits per heavy atom. The van der Waals surface area contributed by atoms with E-state index in [0.29, 0.717) is 16.7 Å². The monoisotopic (exact) mass is 1270 g/mol. The third-order valence-electron chi connectivity index (χ3n) is 15.0. The van der Waals surface area contributed by atoms with Gasteiger partial charge in [-0.3, -0.25) is 4.74 Å². The van der Waals surface area contributed by atoms with Gasteiger partial charge in [-0.15, -0.1) is 0 Å². The number of aromatic hydroxyl groups is 4. The molecule has 94 heavy (non-hydrogen) atoms. The number of benzene rings is 10. The van der Waals surface area contributed by atoms with Crippen LogP contribution in [-0.4, -0.2) is 68.7 Å². The fourth-order valence-electron chi connectivity index (χ4n) is 10.3. The minimum atomic E-state index is -2.64. The van der Waals surface area contributed by atoms with Crippen molar-refractivity contribution in [3.63, 3.8) is 0 Å². The van der Waals surface area contributed by atoms with E-state index in [0.717, 1.165) is 46.5 Å². The summed E-state index contributed by atoms with van der Waals surface area (Å²) in [6.45, 7) is 0.747. The molecule has 1 aliphatic heterocycles. The molecule has 5 unspecified atom stereocenters. The lowest BCUT2D eigenvalue weighted by molar-refractivity contribution is -0.381. The van der Waals surface area contributed by atoms with Crippen LogP contribution >= 0.6 is 0 Å². The predicted molar refractivity (Wildman–Crippen MR) is 343 cm³/mol. The van der Waals surface area contributed by atoms with E-state index in [1.165, 1.54) is 19.1 Å². The maximum atomic E-state index is 15.5. The van der Waals surface area contributed by atoms with Gasteiger partial charge < -0.3 is 67.8 Å². The summed E-state index contributed by atoms with van der Waals surface area (Å²) in [5.74, 6) is -9.06. The molecule has 18 heteroatoms. The second kappa shape index (κ2) is 30.7. The summed E-state index contributed by atoms with van der Waals surface area (Å²) in [4.78, 5) is 45.7. The van der Waals surface area contributed by atoms with Gasteiger partial charge in [0.2, 0.25) is 17.8 Å². The van der Waals surface area contributed by atoms with E-state index in [2.05, 4.69) is 0 Å².